The fourth-order valence-electron chi connectivity index (χ4n) is 2.99. The lowest BCUT2D eigenvalue weighted by Gasteiger charge is -2.13. The molecule has 1 atom stereocenters. The topological polar surface area (TPSA) is 43.8 Å². The van der Waals surface area contributed by atoms with Crippen LogP contribution in [0.25, 0.3) is 11.0 Å². The summed E-state index contributed by atoms with van der Waals surface area (Å²) >= 11 is 0. The fourth-order valence-corrected chi connectivity index (χ4v) is 2.99. The predicted octanol–water partition coefficient (Wildman–Crippen LogP) is 3.86. The zero-order valence-electron chi connectivity index (χ0n) is 13.3. The van der Waals surface area contributed by atoms with E-state index in [1.165, 1.54) is 16.6 Å². The molecule has 3 rings (SSSR count). The molecule has 3 aromatic rings. The van der Waals surface area contributed by atoms with E-state index in [1.807, 2.05) is 6.07 Å². The van der Waals surface area contributed by atoms with E-state index in [1.54, 1.807) is 0 Å². The summed E-state index contributed by atoms with van der Waals surface area (Å²) in [5.41, 5.74) is 11.3. The van der Waals surface area contributed by atoms with Crippen LogP contribution in [0.2, 0.25) is 0 Å². The lowest BCUT2D eigenvalue weighted by atomic mass is 10.1. The van der Waals surface area contributed by atoms with Gasteiger partial charge in [-0.3, -0.25) is 0 Å². The number of aryl methyl sites for hydroxylation is 2. The van der Waals surface area contributed by atoms with Gasteiger partial charge in [0.2, 0.25) is 0 Å². The summed E-state index contributed by atoms with van der Waals surface area (Å²) < 4.78 is 2.24. The molecule has 0 radical (unpaired) electrons. The maximum absolute atomic E-state index is 6.45. The Kier molecular flexibility index (Phi) is 4.25. The van der Waals surface area contributed by atoms with Crippen LogP contribution in [0.1, 0.15) is 36.8 Å². The van der Waals surface area contributed by atoms with Gasteiger partial charge in [0.15, 0.2) is 0 Å². The number of hydrogen-bond acceptors (Lipinski definition) is 2. The molecule has 3 heteroatoms. The Balaban J connectivity index is 1.98. The van der Waals surface area contributed by atoms with Crippen LogP contribution in [0.4, 0.5) is 0 Å². The Bertz CT molecular complexity index is 759. The Labute approximate surface area is 131 Å². The third-order valence-corrected chi connectivity index (χ3v) is 4.20. The van der Waals surface area contributed by atoms with Crippen molar-refractivity contribution in [3.8, 4) is 0 Å². The second-order valence-electron chi connectivity index (χ2n) is 5.69. The van der Waals surface area contributed by atoms with Gasteiger partial charge in [-0.25, -0.2) is 4.98 Å². The van der Waals surface area contributed by atoms with Gasteiger partial charge in [0.25, 0.3) is 0 Å². The molecule has 0 bridgehead atoms. The largest absolute Gasteiger partial charge is 0.327 e. The number of nitrogens with zero attached hydrogens (tertiary/aromatic N) is 2. The van der Waals surface area contributed by atoms with Crippen LogP contribution in [0.3, 0.4) is 0 Å². The van der Waals surface area contributed by atoms with Crippen molar-refractivity contribution >= 4 is 11.0 Å². The molecule has 2 N–H and O–H groups in total. The first-order valence-corrected chi connectivity index (χ1v) is 8.01. The van der Waals surface area contributed by atoms with Gasteiger partial charge < -0.3 is 10.3 Å². The van der Waals surface area contributed by atoms with E-state index in [0.717, 1.165) is 30.7 Å². The molecular weight excluding hydrogens is 270 g/mol. The highest BCUT2D eigenvalue weighted by Crippen LogP contribution is 2.23. The SMILES string of the molecule is CCc1ccc2c(c1)nc(C(N)Cc1ccccc1)n2CC. The second-order valence-corrected chi connectivity index (χ2v) is 5.69. The molecule has 0 saturated heterocycles. The Morgan fingerprint density at radius 2 is 1.82 bits per heavy atom. The van der Waals surface area contributed by atoms with Crippen molar-refractivity contribution in [2.75, 3.05) is 0 Å². The number of imidazole rings is 1. The van der Waals surface area contributed by atoms with Crippen molar-refractivity contribution in [3.05, 3.63) is 65.5 Å². The van der Waals surface area contributed by atoms with Crippen molar-refractivity contribution in [1.82, 2.24) is 9.55 Å². The van der Waals surface area contributed by atoms with Gasteiger partial charge >= 0.3 is 0 Å². The number of nitrogens with two attached hydrogens (primary N) is 1. The summed E-state index contributed by atoms with van der Waals surface area (Å²) in [7, 11) is 0. The average Bonchev–Trinajstić information content (AvgIpc) is 2.93. The maximum atomic E-state index is 6.45. The van der Waals surface area contributed by atoms with Gasteiger partial charge in [-0.2, -0.15) is 0 Å². The van der Waals surface area contributed by atoms with E-state index >= 15 is 0 Å². The Morgan fingerprint density at radius 3 is 2.50 bits per heavy atom. The van der Waals surface area contributed by atoms with Gasteiger partial charge in [-0.15, -0.1) is 0 Å². The smallest absolute Gasteiger partial charge is 0.127 e. The van der Waals surface area contributed by atoms with E-state index in [2.05, 4.69) is 60.9 Å². The minimum Gasteiger partial charge on any atom is -0.327 e. The fraction of sp³-hybridized carbons (Fsp3) is 0.316. The highest BCUT2D eigenvalue weighted by atomic mass is 15.1. The number of rotatable bonds is 5. The van der Waals surface area contributed by atoms with Crippen molar-refractivity contribution < 1.29 is 0 Å². The molecule has 1 heterocycles. The van der Waals surface area contributed by atoms with Crippen LogP contribution in [-0.4, -0.2) is 9.55 Å². The standard InChI is InChI=1S/C19H23N3/c1-3-14-10-11-18-17(13-14)21-19(22(18)4-2)16(20)12-15-8-6-5-7-9-15/h5-11,13,16H,3-4,12,20H2,1-2H3. The van der Waals surface area contributed by atoms with Crippen LogP contribution in [0.15, 0.2) is 48.5 Å². The zero-order chi connectivity index (χ0) is 15.5. The average molecular weight is 293 g/mol. The van der Waals surface area contributed by atoms with Crippen molar-refractivity contribution in [3.63, 3.8) is 0 Å². The summed E-state index contributed by atoms with van der Waals surface area (Å²) in [6.45, 7) is 5.20. The maximum Gasteiger partial charge on any atom is 0.127 e. The Morgan fingerprint density at radius 1 is 1.05 bits per heavy atom. The highest BCUT2D eigenvalue weighted by molar-refractivity contribution is 5.77. The first-order valence-electron chi connectivity index (χ1n) is 8.01. The van der Waals surface area contributed by atoms with Gasteiger partial charge in [-0.05, 0) is 43.0 Å². The first kappa shape index (κ1) is 14.8. The van der Waals surface area contributed by atoms with Crippen molar-refractivity contribution in [2.45, 2.75) is 39.3 Å². The van der Waals surface area contributed by atoms with Crippen LogP contribution >= 0.6 is 0 Å². The van der Waals surface area contributed by atoms with Crippen LogP contribution in [-0.2, 0) is 19.4 Å². The lowest BCUT2D eigenvalue weighted by Crippen LogP contribution is -2.18. The summed E-state index contributed by atoms with van der Waals surface area (Å²) in [6, 6.07) is 16.8. The molecule has 0 aliphatic carbocycles. The highest BCUT2D eigenvalue weighted by Gasteiger charge is 2.16. The van der Waals surface area contributed by atoms with Crippen molar-refractivity contribution in [1.29, 1.82) is 0 Å². The van der Waals surface area contributed by atoms with Gasteiger partial charge in [0.05, 0.1) is 17.1 Å². The molecule has 114 valence electrons. The Hall–Kier alpha value is -2.13. The minimum absolute atomic E-state index is 0.0835. The molecular formula is C19H23N3. The quantitative estimate of drug-likeness (QED) is 0.776. The van der Waals surface area contributed by atoms with E-state index in [-0.39, 0.29) is 6.04 Å². The third-order valence-electron chi connectivity index (χ3n) is 4.20. The zero-order valence-corrected chi connectivity index (χ0v) is 13.3. The van der Waals surface area contributed by atoms with Crippen LogP contribution in [0, 0.1) is 0 Å². The summed E-state index contributed by atoms with van der Waals surface area (Å²) in [6.07, 6.45) is 1.84. The molecule has 22 heavy (non-hydrogen) atoms. The number of benzene rings is 2. The molecule has 3 nitrogen and oxygen atoms in total. The molecule has 1 unspecified atom stereocenters. The minimum atomic E-state index is -0.0835. The van der Waals surface area contributed by atoms with Crippen molar-refractivity contribution in [2.24, 2.45) is 5.73 Å². The van der Waals surface area contributed by atoms with E-state index in [0.29, 0.717) is 0 Å². The number of fused-ring (bicyclic) bond motifs is 1. The predicted molar refractivity (Wildman–Crippen MR) is 91.9 cm³/mol. The van der Waals surface area contributed by atoms with Crippen LogP contribution in [0.5, 0.6) is 0 Å². The van der Waals surface area contributed by atoms with E-state index in [4.69, 9.17) is 10.7 Å². The monoisotopic (exact) mass is 293 g/mol. The van der Waals surface area contributed by atoms with Crippen LogP contribution < -0.4 is 5.73 Å². The molecule has 0 amide bonds. The lowest BCUT2D eigenvalue weighted by molar-refractivity contribution is 0.609. The molecule has 0 spiro atoms. The van der Waals surface area contributed by atoms with E-state index in [9.17, 15) is 0 Å². The summed E-state index contributed by atoms with van der Waals surface area (Å²) in [5, 5.41) is 0. The number of aromatic nitrogens is 2. The van der Waals surface area contributed by atoms with Gasteiger partial charge in [-0.1, -0.05) is 43.3 Å². The second kappa shape index (κ2) is 6.32. The third kappa shape index (κ3) is 2.77. The molecule has 1 aromatic heterocycles. The molecule has 0 aliphatic rings. The van der Waals surface area contributed by atoms with E-state index < -0.39 is 0 Å². The summed E-state index contributed by atoms with van der Waals surface area (Å²) in [5.74, 6) is 0.981. The molecule has 0 fully saturated rings. The molecule has 0 saturated carbocycles. The molecule has 0 aliphatic heterocycles. The van der Waals surface area contributed by atoms with Gasteiger partial charge in [0, 0.05) is 6.54 Å². The summed E-state index contributed by atoms with van der Waals surface area (Å²) in [4.78, 5) is 4.83. The number of hydrogen-bond donors (Lipinski definition) is 1. The van der Waals surface area contributed by atoms with Gasteiger partial charge in [0.1, 0.15) is 5.82 Å². The first-order chi connectivity index (χ1) is 10.7. The molecule has 2 aromatic carbocycles. The normalized spacial score (nSPS) is 12.7.